The third kappa shape index (κ3) is 6.55. The monoisotopic (exact) mass is 448 g/mol. The lowest BCUT2D eigenvalue weighted by Gasteiger charge is -2.19. The molecule has 1 aliphatic rings. The molecule has 1 fully saturated rings. The smallest absolute Gasteiger partial charge is 0.229 e. The molecule has 0 radical (unpaired) electrons. The fraction of sp³-hybridized carbons (Fsp3) is 0.400. The van der Waals surface area contributed by atoms with Crippen molar-refractivity contribution in [2.75, 3.05) is 50.6 Å². The van der Waals surface area contributed by atoms with Crippen LogP contribution in [0.15, 0.2) is 55.0 Å². The van der Waals surface area contributed by atoms with Crippen LogP contribution in [0.25, 0.3) is 0 Å². The van der Waals surface area contributed by atoms with Gasteiger partial charge < -0.3 is 24.6 Å². The van der Waals surface area contributed by atoms with E-state index in [1.165, 1.54) is 25.9 Å². The summed E-state index contributed by atoms with van der Waals surface area (Å²) in [5.41, 5.74) is 1.97. The molecule has 0 saturated carbocycles. The third-order valence-electron chi connectivity index (χ3n) is 5.67. The fourth-order valence-electron chi connectivity index (χ4n) is 3.94. The van der Waals surface area contributed by atoms with Gasteiger partial charge in [-0.1, -0.05) is 6.07 Å². The minimum Gasteiger partial charge on any atom is -0.493 e. The summed E-state index contributed by atoms with van der Waals surface area (Å²) in [5.74, 6) is 2.78. The van der Waals surface area contributed by atoms with Crippen LogP contribution in [-0.4, -0.2) is 60.3 Å². The van der Waals surface area contributed by atoms with E-state index in [0.29, 0.717) is 30.6 Å². The second-order valence-electron chi connectivity index (χ2n) is 8.20. The Morgan fingerprint density at radius 2 is 1.97 bits per heavy atom. The highest BCUT2D eigenvalue weighted by molar-refractivity contribution is 5.60. The molecule has 1 N–H and O–H groups in total. The predicted molar refractivity (Wildman–Crippen MR) is 130 cm³/mol. The quantitative estimate of drug-likeness (QED) is 0.439. The van der Waals surface area contributed by atoms with Crippen molar-refractivity contribution in [2.45, 2.75) is 25.8 Å². The molecule has 3 aromatic rings. The Hall–Kier alpha value is -3.39. The standard InChI is InChI=1S/C25H32N6O2/c1-30(19-20-7-5-11-26-18-20)24-10-12-27-25(29-24)28-21-8-9-22(32-2)23(17-21)33-16-6-15-31-13-3-4-14-31/h5,7-12,17-18H,3-4,6,13-16,19H2,1-2H3,(H,27,28,29). The summed E-state index contributed by atoms with van der Waals surface area (Å²) >= 11 is 0. The number of methoxy groups -OCH3 is 1. The SMILES string of the molecule is COc1ccc(Nc2nccc(N(C)Cc3cccnc3)n2)cc1OCCCN1CCCC1. The third-order valence-corrected chi connectivity index (χ3v) is 5.67. The number of pyridine rings is 1. The highest BCUT2D eigenvalue weighted by Gasteiger charge is 2.12. The minimum absolute atomic E-state index is 0.524. The second-order valence-corrected chi connectivity index (χ2v) is 8.20. The van der Waals surface area contributed by atoms with E-state index in [0.717, 1.165) is 30.0 Å². The molecule has 3 heterocycles. The summed E-state index contributed by atoms with van der Waals surface area (Å²) in [6.45, 7) is 4.86. The number of hydrogen-bond acceptors (Lipinski definition) is 8. The van der Waals surface area contributed by atoms with Gasteiger partial charge in [-0.15, -0.1) is 0 Å². The Bertz CT molecular complexity index is 1010. The summed E-state index contributed by atoms with van der Waals surface area (Å²) in [4.78, 5) is 17.8. The van der Waals surface area contributed by atoms with Gasteiger partial charge in [0.15, 0.2) is 11.5 Å². The van der Waals surface area contributed by atoms with Crippen LogP contribution in [-0.2, 0) is 6.54 Å². The van der Waals surface area contributed by atoms with Crippen molar-refractivity contribution in [3.8, 4) is 11.5 Å². The average molecular weight is 449 g/mol. The van der Waals surface area contributed by atoms with Gasteiger partial charge >= 0.3 is 0 Å². The number of aromatic nitrogens is 3. The zero-order valence-corrected chi connectivity index (χ0v) is 19.4. The lowest BCUT2D eigenvalue weighted by atomic mass is 10.2. The molecule has 0 atom stereocenters. The van der Waals surface area contributed by atoms with Crippen LogP contribution in [0.3, 0.4) is 0 Å². The van der Waals surface area contributed by atoms with Crippen LogP contribution in [0.2, 0.25) is 0 Å². The van der Waals surface area contributed by atoms with E-state index in [-0.39, 0.29) is 0 Å². The van der Waals surface area contributed by atoms with Gasteiger partial charge in [0.1, 0.15) is 5.82 Å². The molecule has 4 rings (SSSR count). The molecule has 0 bridgehead atoms. The Kier molecular flexibility index (Phi) is 7.92. The number of nitrogens with one attached hydrogen (secondary N) is 1. The summed E-state index contributed by atoms with van der Waals surface area (Å²) < 4.78 is 11.5. The van der Waals surface area contributed by atoms with Crippen molar-refractivity contribution >= 4 is 17.5 Å². The summed E-state index contributed by atoms with van der Waals surface area (Å²) in [5, 5.41) is 3.28. The van der Waals surface area contributed by atoms with Crippen LogP contribution in [0, 0.1) is 0 Å². The molecule has 0 aliphatic carbocycles. The molecule has 1 aliphatic heterocycles. The summed E-state index contributed by atoms with van der Waals surface area (Å²) in [6, 6.07) is 11.6. The minimum atomic E-state index is 0.524. The van der Waals surface area contributed by atoms with E-state index >= 15 is 0 Å². The molecule has 2 aromatic heterocycles. The first-order valence-corrected chi connectivity index (χ1v) is 11.4. The molecule has 174 valence electrons. The lowest BCUT2D eigenvalue weighted by Crippen LogP contribution is -2.21. The Morgan fingerprint density at radius 1 is 1.09 bits per heavy atom. The van der Waals surface area contributed by atoms with Gasteiger partial charge in [0, 0.05) is 50.5 Å². The molecule has 0 amide bonds. The van der Waals surface area contributed by atoms with E-state index < -0.39 is 0 Å². The molecular formula is C25H32N6O2. The molecule has 33 heavy (non-hydrogen) atoms. The summed E-state index contributed by atoms with van der Waals surface area (Å²) in [7, 11) is 3.66. The van der Waals surface area contributed by atoms with Crippen molar-refractivity contribution in [3.05, 3.63) is 60.6 Å². The van der Waals surface area contributed by atoms with Crippen molar-refractivity contribution < 1.29 is 9.47 Å². The van der Waals surface area contributed by atoms with Gasteiger partial charge in [-0.3, -0.25) is 4.98 Å². The number of ether oxygens (including phenoxy) is 2. The van der Waals surface area contributed by atoms with Gasteiger partial charge in [-0.2, -0.15) is 4.98 Å². The predicted octanol–water partition coefficient (Wildman–Crippen LogP) is 4.12. The zero-order chi connectivity index (χ0) is 22.9. The average Bonchev–Trinajstić information content (AvgIpc) is 3.36. The number of anilines is 3. The number of rotatable bonds is 11. The highest BCUT2D eigenvalue weighted by atomic mass is 16.5. The Labute approximate surface area is 195 Å². The number of benzene rings is 1. The van der Waals surface area contributed by atoms with E-state index in [2.05, 4.69) is 30.1 Å². The van der Waals surface area contributed by atoms with Gasteiger partial charge in [-0.05, 0) is 62.2 Å². The number of likely N-dealkylation sites (tertiary alicyclic amines) is 1. The molecule has 1 saturated heterocycles. The van der Waals surface area contributed by atoms with E-state index in [1.54, 1.807) is 19.5 Å². The van der Waals surface area contributed by atoms with Gasteiger partial charge in [0.05, 0.1) is 13.7 Å². The molecule has 8 nitrogen and oxygen atoms in total. The van der Waals surface area contributed by atoms with Crippen molar-refractivity contribution in [1.29, 1.82) is 0 Å². The number of nitrogens with zero attached hydrogens (tertiary/aromatic N) is 5. The van der Waals surface area contributed by atoms with Crippen molar-refractivity contribution in [2.24, 2.45) is 0 Å². The van der Waals surface area contributed by atoms with Crippen molar-refractivity contribution in [3.63, 3.8) is 0 Å². The van der Waals surface area contributed by atoms with Crippen LogP contribution in [0.1, 0.15) is 24.8 Å². The topological polar surface area (TPSA) is 75.6 Å². The largest absolute Gasteiger partial charge is 0.493 e. The normalized spacial score (nSPS) is 13.6. The molecule has 1 aromatic carbocycles. The lowest BCUT2D eigenvalue weighted by molar-refractivity contribution is 0.254. The van der Waals surface area contributed by atoms with Gasteiger partial charge in [-0.25, -0.2) is 4.98 Å². The molecular weight excluding hydrogens is 416 g/mol. The van der Waals surface area contributed by atoms with Crippen LogP contribution in [0.5, 0.6) is 11.5 Å². The molecule has 0 unspecified atom stereocenters. The summed E-state index contributed by atoms with van der Waals surface area (Å²) in [6.07, 6.45) is 9.01. The first-order valence-electron chi connectivity index (χ1n) is 11.4. The number of hydrogen-bond donors (Lipinski definition) is 1. The fourth-order valence-corrected chi connectivity index (χ4v) is 3.94. The molecule has 0 spiro atoms. The first-order chi connectivity index (χ1) is 16.2. The van der Waals surface area contributed by atoms with Gasteiger partial charge in [0.2, 0.25) is 5.95 Å². The second kappa shape index (κ2) is 11.5. The van der Waals surface area contributed by atoms with Gasteiger partial charge in [0.25, 0.3) is 0 Å². The first kappa shape index (κ1) is 22.8. The van der Waals surface area contributed by atoms with Crippen LogP contribution >= 0.6 is 0 Å². The van der Waals surface area contributed by atoms with Crippen LogP contribution < -0.4 is 19.7 Å². The zero-order valence-electron chi connectivity index (χ0n) is 19.4. The van der Waals surface area contributed by atoms with Crippen LogP contribution in [0.4, 0.5) is 17.5 Å². The maximum atomic E-state index is 6.05. The van der Waals surface area contributed by atoms with E-state index in [9.17, 15) is 0 Å². The maximum absolute atomic E-state index is 6.05. The highest BCUT2D eigenvalue weighted by Crippen LogP contribution is 2.31. The molecule has 8 heteroatoms. The maximum Gasteiger partial charge on any atom is 0.229 e. The Balaban J connectivity index is 1.37. The van der Waals surface area contributed by atoms with E-state index in [4.69, 9.17) is 9.47 Å². The Morgan fingerprint density at radius 3 is 2.76 bits per heavy atom. The van der Waals surface area contributed by atoms with E-state index in [1.807, 2.05) is 49.6 Å². The van der Waals surface area contributed by atoms with Crippen molar-refractivity contribution in [1.82, 2.24) is 19.9 Å².